The Morgan fingerprint density at radius 1 is 1.31 bits per heavy atom. The number of methoxy groups -OCH3 is 1. The van der Waals surface area contributed by atoms with Crippen molar-refractivity contribution in [2.75, 3.05) is 13.7 Å². The maximum Gasteiger partial charge on any atom is 0.289 e. The number of pyridine rings is 2. The van der Waals surface area contributed by atoms with Crippen molar-refractivity contribution in [2.24, 2.45) is 7.05 Å². The first-order valence-electron chi connectivity index (χ1n) is 10.4. The van der Waals surface area contributed by atoms with Gasteiger partial charge in [0.25, 0.3) is 5.91 Å². The highest BCUT2D eigenvalue weighted by atomic mass is 35.5. The van der Waals surface area contributed by atoms with Crippen molar-refractivity contribution < 1.29 is 22.8 Å². The molecular formula is C23H21ClF2N6O3. The Labute approximate surface area is 204 Å². The van der Waals surface area contributed by atoms with Crippen LogP contribution in [-0.2, 0) is 12.5 Å². The second kappa shape index (κ2) is 9.41. The van der Waals surface area contributed by atoms with Gasteiger partial charge < -0.3 is 14.6 Å². The van der Waals surface area contributed by atoms with E-state index in [1.165, 1.54) is 13.2 Å². The van der Waals surface area contributed by atoms with E-state index < -0.39 is 23.0 Å². The highest BCUT2D eigenvalue weighted by molar-refractivity contribution is 6.29. The van der Waals surface area contributed by atoms with E-state index in [4.69, 9.17) is 20.9 Å². The molecule has 1 atom stereocenters. The van der Waals surface area contributed by atoms with Crippen molar-refractivity contribution >= 4 is 17.5 Å². The number of aryl methyl sites for hydroxylation is 2. The monoisotopic (exact) mass is 502 g/mol. The van der Waals surface area contributed by atoms with Crippen LogP contribution in [-0.4, -0.2) is 44.5 Å². The topological polar surface area (TPSA) is 108 Å². The zero-order chi connectivity index (χ0) is 25.3. The number of halogens is 3. The summed E-state index contributed by atoms with van der Waals surface area (Å²) in [6, 6.07) is 7.10. The van der Waals surface area contributed by atoms with Gasteiger partial charge in [-0.2, -0.15) is 5.10 Å². The van der Waals surface area contributed by atoms with E-state index >= 15 is 0 Å². The van der Waals surface area contributed by atoms with Crippen LogP contribution in [0.2, 0.25) is 5.15 Å². The molecule has 9 nitrogen and oxygen atoms in total. The summed E-state index contributed by atoms with van der Waals surface area (Å²) in [5.41, 5.74) is 0.791. The Bertz CT molecular complexity index is 1410. The molecule has 0 saturated carbocycles. The zero-order valence-corrected chi connectivity index (χ0v) is 20.0. The Morgan fingerprint density at radius 3 is 2.77 bits per heavy atom. The molecule has 0 aliphatic heterocycles. The van der Waals surface area contributed by atoms with Gasteiger partial charge in [0.2, 0.25) is 11.6 Å². The first kappa shape index (κ1) is 24.3. The number of ether oxygens (including phenoxy) is 1. The molecule has 0 radical (unpaired) electrons. The number of nitrogens with zero attached hydrogens (tertiary/aromatic N) is 5. The SMILES string of the molecule is COc1c(C(C)(CNC(=O)c2cc(-c3ncc(F)cc3F)no2)c2cccc(Cl)n2)c(C)nn1C. The van der Waals surface area contributed by atoms with Crippen LogP contribution in [0.5, 0.6) is 5.88 Å². The number of carbonyl (C=O) groups is 1. The van der Waals surface area contributed by atoms with Gasteiger partial charge in [0.05, 0.1) is 35.7 Å². The van der Waals surface area contributed by atoms with E-state index in [9.17, 15) is 13.6 Å². The summed E-state index contributed by atoms with van der Waals surface area (Å²) in [6.45, 7) is 3.76. The minimum atomic E-state index is -0.927. The average molecular weight is 503 g/mol. The third-order valence-electron chi connectivity index (χ3n) is 5.58. The smallest absolute Gasteiger partial charge is 0.289 e. The normalized spacial score (nSPS) is 12.9. The quantitative estimate of drug-likeness (QED) is 0.382. The predicted molar refractivity (Wildman–Crippen MR) is 122 cm³/mol. The van der Waals surface area contributed by atoms with Gasteiger partial charge in [-0.05, 0) is 26.0 Å². The average Bonchev–Trinajstić information content (AvgIpc) is 3.41. The minimum absolute atomic E-state index is 0.0447. The van der Waals surface area contributed by atoms with Crippen LogP contribution in [0.4, 0.5) is 8.78 Å². The van der Waals surface area contributed by atoms with Gasteiger partial charge in [0, 0.05) is 25.7 Å². The van der Waals surface area contributed by atoms with Crippen molar-refractivity contribution in [3.05, 3.63) is 76.0 Å². The molecule has 4 heterocycles. The molecule has 12 heteroatoms. The molecule has 1 amide bonds. The highest BCUT2D eigenvalue weighted by Gasteiger charge is 2.38. The lowest BCUT2D eigenvalue weighted by Gasteiger charge is -2.30. The molecule has 0 aliphatic carbocycles. The molecule has 4 aromatic rings. The maximum absolute atomic E-state index is 14.0. The number of hydrogen-bond donors (Lipinski definition) is 1. The Morgan fingerprint density at radius 2 is 2.09 bits per heavy atom. The molecule has 4 aromatic heterocycles. The fourth-order valence-electron chi connectivity index (χ4n) is 3.97. The molecule has 0 aliphatic rings. The fourth-order valence-corrected chi connectivity index (χ4v) is 4.13. The van der Waals surface area contributed by atoms with E-state index in [-0.39, 0.29) is 28.8 Å². The molecule has 182 valence electrons. The second-order valence-electron chi connectivity index (χ2n) is 8.01. The van der Waals surface area contributed by atoms with E-state index in [2.05, 4.69) is 25.5 Å². The minimum Gasteiger partial charge on any atom is -0.481 e. The van der Waals surface area contributed by atoms with E-state index in [0.29, 0.717) is 28.9 Å². The maximum atomic E-state index is 14.0. The lowest BCUT2D eigenvalue weighted by atomic mass is 9.78. The first-order chi connectivity index (χ1) is 16.6. The van der Waals surface area contributed by atoms with Gasteiger partial charge in [0.1, 0.15) is 22.4 Å². The Hall–Kier alpha value is -3.86. The van der Waals surface area contributed by atoms with E-state index in [0.717, 1.165) is 6.20 Å². The molecule has 1 N–H and O–H groups in total. The standard InChI is InChI=1S/C23H21ClF2N6O3/c1-12-19(22(34-4)32(3)30-12)23(2,17-6-5-7-18(24)29-17)11-28-21(33)16-9-15(31-35-16)20-14(26)8-13(25)10-27-20/h5-10H,11H2,1-4H3,(H,28,33). The van der Waals surface area contributed by atoms with Crippen molar-refractivity contribution in [1.82, 2.24) is 30.2 Å². The fraction of sp³-hybridized carbons (Fsp3) is 0.261. The Kier molecular flexibility index (Phi) is 6.53. The summed E-state index contributed by atoms with van der Waals surface area (Å²) >= 11 is 6.17. The number of amides is 1. The van der Waals surface area contributed by atoms with Crippen LogP contribution in [0.25, 0.3) is 11.4 Å². The third-order valence-corrected chi connectivity index (χ3v) is 5.79. The summed E-state index contributed by atoms with van der Waals surface area (Å²) in [4.78, 5) is 21.1. The van der Waals surface area contributed by atoms with Crippen molar-refractivity contribution in [2.45, 2.75) is 19.3 Å². The lowest BCUT2D eigenvalue weighted by Crippen LogP contribution is -2.40. The van der Waals surface area contributed by atoms with Crippen LogP contribution < -0.4 is 10.1 Å². The number of hydrogen-bond acceptors (Lipinski definition) is 7. The van der Waals surface area contributed by atoms with Crippen LogP contribution in [0, 0.1) is 18.6 Å². The highest BCUT2D eigenvalue weighted by Crippen LogP contribution is 2.39. The largest absolute Gasteiger partial charge is 0.481 e. The summed E-state index contributed by atoms with van der Waals surface area (Å²) in [7, 11) is 3.28. The van der Waals surface area contributed by atoms with Crippen molar-refractivity contribution in [3.8, 4) is 17.3 Å². The molecule has 4 rings (SSSR count). The van der Waals surface area contributed by atoms with Crippen molar-refractivity contribution in [3.63, 3.8) is 0 Å². The molecule has 0 fully saturated rings. The number of aromatic nitrogens is 5. The van der Waals surface area contributed by atoms with Gasteiger partial charge in [-0.3, -0.25) is 4.79 Å². The van der Waals surface area contributed by atoms with Crippen LogP contribution in [0.3, 0.4) is 0 Å². The van der Waals surface area contributed by atoms with Gasteiger partial charge in [-0.25, -0.2) is 23.4 Å². The Balaban J connectivity index is 1.66. The van der Waals surface area contributed by atoms with E-state index in [1.807, 2.05) is 13.8 Å². The number of carbonyl (C=O) groups excluding carboxylic acids is 1. The summed E-state index contributed by atoms with van der Waals surface area (Å²) in [6.07, 6.45) is 0.847. The van der Waals surface area contributed by atoms with Gasteiger partial charge in [0.15, 0.2) is 5.82 Å². The van der Waals surface area contributed by atoms with E-state index in [1.54, 1.807) is 29.9 Å². The second-order valence-corrected chi connectivity index (χ2v) is 8.40. The van der Waals surface area contributed by atoms with Crippen LogP contribution in [0.15, 0.2) is 41.1 Å². The summed E-state index contributed by atoms with van der Waals surface area (Å²) in [5, 5.41) is 11.2. The molecular weight excluding hydrogens is 482 g/mol. The third kappa shape index (κ3) is 4.59. The zero-order valence-electron chi connectivity index (χ0n) is 19.3. The van der Waals surface area contributed by atoms with Gasteiger partial charge >= 0.3 is 0 Å². The van der Waals surface area contributed by atoms with Crippen molar-refractivity contribution in [1.29, 1.82) is 0 Å². The predicted octanol–water partition coefficient (Wildman–Crippen LogP) is 3.85. The van der Waals surface area contributed by atoms with Gasteiger partial charge in [-0.15, -0.1) is 0 Å². The summed E-state index contributed by atoms with van der Waals surface area (Å²) in [5.74, 6) is -2.05. The van der Waals surface area contributed by atoms with Crippen LogP contribution >= 0.6 is 11.6 Å². The molecule has 35 heavy (non-hydrogen) atoms. The molecule has 1 unspecified atom stereocenters. The first-order valence-corrected chi connectivity index (χ1v) is 10.8. The molecule has 0 saturated heterocycles. The summed E-state index contributed by atoms with van der Waals surface area (Å²) < 4.78 is 39.5. The van der Waals surface area contributed by atoms with Crippen LogP contribution in [0.1, 0.15) is 34.4 Å². The van der Waals surface area contributed by atoms with Gasteiger partial charge in [-0.1, -0.05) is 22.8 Å². The number of nitrogens with one attached hydrogen (secondary N) is 1. The lowest BCUT2D eigenvalue weighted by molar-refractivity contribution is 0.0910. The molecule has 0 bridgehead atoms. The molecule has 0 aromatic carbocycles. The molecule has 0 spiro atoms. The number of rotatable bonds is 7.